The number of rotatable bonds is 8. The van der Waals surface area contributed by atoms with Crippen LogP contribution >= 0.6 is 11.5 Å². The molecule has 32 heavy (non-hydrogen) atoms. The second-order valence-electron chi connectivity index (χ2n) is 7.51. The Morgan fingerprint density at radius 1 is 1.25 bits per heavy atom. The second-order valence-corrected chi connectivity index (χ2v) is 8.27. The predicted octanol–water partition coefficient (Wildman–Crippen LogP) is 6.50. The molecule has 0 aliphatic rings. The van der Waals surface area contributed by atoms with Gasteiger partial charge in [-0.15, -0.1) is 10.2 Å². The van der Waals surface area contributed by atoms with Crippen molar-refractivity contribution in [3.05, 3.63) is 65.4 Å². The van der Waals surface area contributed by atoms with Gasteiger partial charge in [-0.1, -0.05) is 37.3 Å². The van der Waals surface area contributed by atoms with E-state index in [9.17, 15) is 10.1 Å². The summed E-state index contributed by atoms with van der Waals surface area (Å²) in [5.74, 6) is -0.192. The van der Waals surface area contributed by atoms with Crippen molar-refractivity contribution in [3.63, 3.8) is 0 Å². The maximum atomic E-state index is 11.9. The zero-order valence-electron chi connectivity index (χ0n) is 18.7. The SMILES string of the molecule is CCC(C)N(Cc1ccccc1)c1ccc(N=Nc2snc(C)c2C#N)c(NC(C)=O)c1. The van der Waals surface area contributed by atoms with Crippen molar-refractivity contribution in [1.29, 1.82) is 5.26 Å². The Kier molecular flexibility index (Phi) is 7.68. The van der Waals surface area contributed by atoms with E-state index < -0.39 is 0 Å². The van der Waals surface area contributed by atoms with Gasteiger partial charge in [-0.3, -0.25) is 4.79 Å². The van der Waals surface area contributed by atoms with Crippen LogP contribution in [0.25, 0.3) is 0 Å². The molecular formula is C24H26N6OS. The van der Waals surface area contributed by atoms with Gasteiger partial charge in [-0.25, -0.2) is 0 Å². The van der Waals surface area contributed by atoms with Gasteiger partial charge in [0.15, 0.2) is 5.00 Å². The second kappa shape index (κ2) is 10.6. The van der Waals surface area contributed by atoms with E-state index >= 15 is 0 Å². The highest BCUT2D eigenvalue weighted by atomic mass is 32.1. The standard InChI is InChI=1S/C24H26N6OS/c1-5-16(2)30(15-19-9-7-6-8-10-19)20-11-12-22(23(13-20)26-18(4)31)27-28-24-21(14-25)17(3)29-32-24/h6-13,16H,5,15H2,1-4H3,(H,26,31). The molecule has 164 valence electrons. The Bertz CT molecular complexity index is 1150. The van der Waals surface area contributed by atoms with Crippen molar-refractivity contribution < 1.29 is 4.79 Å². The molecular weight excluding hydrogens is 420 g/mol. The summed E-state index contributed by atoms with van der Waals surface area (Å²) < 4.78 is 4.17. The van der Waals surface area contributed by atoms with Crippen molar-refractivity contribution in [2.45, 2.75) is 46.7 Å². The molecule has 3 aromatic rings. The van der Waals surface area contributed by atoms with Crippen molar-refractivity contribution in [2.75, 3.05) is 10.2 Å². The molecule has 0 bridgehead atoms. The molecule has 1 atom stereocenters. The van der Waals surface area contributed by atoms with Crippen molar-refractivity contribution >= 4 is 39.5 Å². The molecule has 1 unspecified atom stereocenters. The van der Waals surface area contributed by atoms with E-state index in [0.29, 0.717) is 33.7 Å². The van der Waals surface area contributed by atoms with E-state index in [4.69, 9.17) is 0 Å². The lowest BCUT2D eigenvalue weighted by Gasteiger charge is -2.31. The molecule has 0 spiro atoms. The van der Waals surface area contributed by atoms with Crippen molar-refractivity contribution in [1.82, 2.24) is 4.37 Å². The van der Waals surface area contributed by atoms with Gasteiger partial charge in [0.25, 0.3) is 0 Å². The summed E-state index contributed by atoms with van der Waals surface area (Å²) in [6.07, 6.45) is 0.978. The van der Waals surface area contributed by atoms with E-state index in [-0.39, 0.29) is 5.91 Å². The number of nitrogens with zero attached hydrogens (tertiary/aromatic N) is 5. The molecule has 1 N–H and O–H groups in total. The van der Waals surface area contributed by atoms with Gasteiger partial charge in [0.1, 0.15) is 17.3 Å². The Hall–Kier alpha value is -3.57. The molecule has 0 radical (unpaired) electrons. The van der Waals surface area contributed by atoms with Crippen LogP contribution in [0.15, 0.2) is 58.8 Å². The minimum atomic E-state index is -0.192. The summed E-state index contributed by atoms with van der Waals surface area (Å²) in [5.41, 5.74) is 4.33. The first-order valence-electron chi connectivity index (χ1n) is 10.4. The van der Waals surface area contributed by atoms with E-state index in [1.54, 1.807) is 6.92 Å². The number of anilines is 2. The predicted molar refractivity (Wildman–Crippen MR) is 129 cm³/mol. The maximum Gasteiger partial charge on any atom is 0.221 e. The Morgan fingerprint density at radius 2 is 2.00 bits per heavy atom. The summed E-state index contributed by atoms with van der Waals surface area (Å²) in [4.78, 5) is 14.2. The first-order chi connectivity index (χ1) is 15.4. The number of aromatic nitrogens is 1. The zero-order valence-corrected chi connectivity index (χ0v) is 19.5. The molecule has 8 heteroatoms. The smallest absolute Gasteiger partial charge is 0.221 e. The van der Waals surface area contributed by atoms with Crippen molar-refractivity contribution in [3.8, 4) is 6.07 Å². The van der Waals surface area contributed by atoms with Crippen LogP contribution in [-0.4, -0.2) is 16.3 Å². The number of carbonyl (C=O) groups is 1. The normalized spacial score (nSPS) is 11.8. The van der Waals surface area contributed by atoms with Gasteiger partial charge >= 0.3 is 0 Å². The number of hydrogen-bond acceptors (Lipinski definition) is 7. The van der Waals surface area contributed by atoms with Gasteiger partial charge < -0.3 is 10.2 Å². The van der Waals surface area contributed by atoms with E-state index in [1.165, 1.54) is 12.5 Å². The summed E-state index contributed by atoms with van der Waals surface area (Å²) in [7, 11) is 0. The molecule has 2 aromatic carbocycles. The van der Waals surface area contributed by atoms with Crippen LogP contribution in [0.3, 0.4) is 0 Å². The monoisotopic (exact) mass is 446 g/mol. The summed E-state index contributed by atoms with van der Waals surface area (Å²) in [6.45, 7) is 8.32. The van der Waals surface area contributed by atoms with Crippen LogP contribution in [0.2, 0.25) is 0 Å². The molecule has 0 aliphatic heterocycles. The third-order valence-corrected chi connectivity index (χ3v) is 5.97. The van der Waals surface area contributed by atoms with Gasteiger partial charge in [-0.2, -0.15) is 9.64 Å². The van der Waals surface area contributed by atoms with Crippen LogP contribution in [0.1, 0.15) is 44.0 Å². The molecule has 0 fully saturated rings. The summed E-state index contributed by atoms with van der Waals surface area (Å²) in [5, 5.41) is 21.2. The molecule has 0 aliphatic carbocycles. The lowest BCUT2D eigenvalue weighted by atomic mass is 10.1. The first kappa shape index (κ1) is 23.1. The Labute approximate surface area is 192 Å². The summed E-state index contributed by atoms with van der Waals surface area (Å²) >= 11 is 1.13. The number of azo groups is 1. The van der Waals surface area contributed by atoms with Crippen LogP contribution < -0.4 is 10.2 Å². The maximum absolute atomic E-state index is 11.9. The number of amides is 1. The lowest BCUT2D eigenvalue weighted by molar-refractivity contribution is -0.114. The number of hydrogen-bond donors (Lipinski definition) is 1. The van der Waals surface area contributed by atoms with E-state index in [0.717, 1.165) is 30.2 Å². The highest BCUT2D eigenvalue weighted by molar-refractivity contribution is 7.10. The Balaban J connectivity index is 1.97. The van der Waals surface area contributed by atoms with Crippen molar-refractivity contribution in [2.24, 2.45) is 10.2 Å². The van der Waals surface area contributed by atoms with Gasteiger partial charge in [0, 0.05) is 25.2 Å². The van der Waals surface area contributed by atoms with Gasteiger partial charge in [0.2, 0.25) is 5.91 Å². The third kappa shape index (κ3) is 5.56. The zero-order chi connectivity index (χ0) is 23.1. The fourth-order valence-electron chi connectivity index (χ4n) is 3.24. The number of nitriles is 1. The van der Waals surface area contributed by atoms with E-state index in [1.807, 2.05) is 36.4 Å². The van der Waals surface area contributed by atoms with Crippen LogP contribution in [0.4, 0.5) is 22.1 Å². The number of nitrogens with one attached hydrogen (secondary N) is 1. The van der Waals surface area contributed by atoms with Crippen LogP contribution in [0.5, 0.6) is 0 Å². The topological polar surface area (TPSA) is 93.7 Å². The average Bonchev–Trinajstić information content (AvgIpc) is 3.15. The molecule has 1 aromatic heterocycles. The Morgan fingerprint density at radius 3 is 2.66 bits per heavy atom. The number of aryl methyl sites for hydroxylation is 1. The van der Waals surface area contributed by atoms with Gasteiger partial charge in [0.05, 0.1) is 11.4 Å². The minimum Gasteiger partial charge on any atom is -0.364 e. The molecule has 0 saturated heterocycles. The van der Waals surface area contributed by atoms with E-state index in [2.05, 4.69) is 56.9 Å². The number of carbonyl (C=O) groups excluding carboxylic acids is 1. The minimum absolute atomic E-state index is 0.192. The number of benzene rings is 2. The average molecular weight is 447 g/mol. The third-order valence-electron chi connectivity index (χ3n) is 5.15. The first-order valence-corrected chi connectivity index (χ1v) is 11.2. The quantitative estimate of drug-likeness (QED) is 0.399. The fraction of sp³-hybridized carbons (Fsp3) is 0.292. The molecule has 3 rings (SSSR count). The highest BCUT2D eigenvalue weighted by Gasteiger charge is 2.16. The molecule has 1 amide bonds. The lowest BCUT2D eigenvalue weighted by Crippen LogP contribution is -2.32. The van der Waals surface area contributed by atoms with Crippen LogP contribution in [-0.2, 0) is 11.3 Å². The largest absolute Gasteiger partial charge is 0.364 e. The van der Waals surface area contributed by atoms with Crippen LogP contribution in [0, 0.1) is 18.3 Å². The molecule has 0 saturated carbocycles. The highest BCUT2D eigenvalue weighted by Crippen LogP contribution is 2.35. The van der Waals surface area contributed by atoms with Gasteiger partial charge in [-0.05, 0) is 55.6 Å². The summed E-state index contributed by atoms with van der Waals surface area (Å²) in [6, 6.07) is 18.4. The fourth-order valence-corrected chi connectivity index (χ4v) is 3.91. The molecule has 1 heterocycles. The molecule has 7 nitrogen and oxygen atoms in total.